The van der Waals surface area contributed by atoms with E-state index in [1.165, 1.54) is 4.90 Å². The molecule has 0 bridgehead atoms. The van der Waals surface area contributed by atoms with Gasteiger partial charge in [-0.25, -0.2) is 4.79 Å². The minimum atomic E-state index is -0.450. The number of aromatic nitrogens is 1. The minimum Gasteiger partial charge on any atom is -0.381 e. The molecule has 0 saturated carbocycles. The number of carbonyl (C=O) groups is 2. The molecule has 9 nitrogen and oxygen atoms in total. The molecule has 9 heteroatoms. The molecule has 3 aliphatic rings. The van der Waals surface area contributed by atoms with Crippen LogP contribution in [-0.2, 0) is 16.1 Å². The highest BCUT2D eigenvalue weighted by Gasteiger charge is 2.30. The third-order valence-electron chi connectivity index (χ3n) is 6.28. The van der Waals surface area contributed by atoms with E-state index in [1.807, 2.05) is 12.1 Å². The molecule has 0 aliphatic carbocycles. The van der Waals surface area contributed by atoms with E-state index in [1.54, 1.807) is 0 Å². The number of imide groups is 1. The topological polar surface area (TPSA) is 91.2 Å². The molecule has 3 saturated heterocycles. The summed E-state index contributed by atoms with van der Waals surface area (Å²) in [6, 6.07) is 6.08. The molecule has 1 N–H and O–H groups in total. The van der Waals surface area contributed by atoms with Crippen molar-refractivity contribution in [1.29, 1.82) is 0 Å². The fourth-order valence-corrected chi connectivity index (χ4v) is 4.50. The van der Waals surface area contributed by atoms with Crippen LogP contribution in [0, 0.1) is 5.92 Å². The lowest BCUT2D eigenvalue weighted by Crippen LogP contribution is -2.54. The Bertz CT molecular complexity index is 956. The maximum absolute atomic E-state index is 12.2. The first-order valence-electron chi connectivity index (χ1n) is 10.6. The average Bonchev–Trinajstić information content (AvgIpc) is 3.09. The summed E-state index contributed by atoms with van der Waals surface area (Å²) in [6.07, 6.45) is 0.259. The van der Waals surface area contributed by atoms with Gasteiger partial charge in [0.25, 0.3) is 0 Å². The summed E-state index contributed by atoms with van der Waals surface area (Å²) in [7, 11) is 0. The lowest BCUT2D eigenvalue weighted by molar-refractivity contribution is -0.120. The van der Waals surface area contributed by atoms with E-state index in [-0.39, 0.29) is 12.3 Å². The second-order valence-electron chi connectivity index (χ2n) is 8.57. The van der Waals surface area contributed by atoms with Crippen LogP contribution in [0.1, 0.15) is 18.9 Å². The number of fused-ring (bicyclic) bond motifs is 1. The fraction of sp³-hybridized carbons (Fsp3) is 0.571. The summed E-state index contributed by atoms with van der Waals surface area (Å²) in [4.78, 5) is 30.2. The predicted octanol–water partition coefficient (Wildman–Crippen LogP) is 1.43. The fourth-order valence-electron chi connectivity index (χ4n) is 4.50. The van der Waals surface area contributed by atoms with E-state index in [0.29, 0.717) is 29.9 Å². The highest BCUT2D eigenvalue weighted by atomic mass is 16.5. The van der Waals surface area contributed by atoms with Crippen molar-refractivity contribution in [2.24, 2.45) is 5.92 Å². The van der Waals surface area contributed by atoms with Crippen molar-refractivity contribution in [1.82, 2.24) is 20.3 Å². The molecule has 1 aromatic carbocycles. The third-order valence-corrected chi connectivity index (χ3v) is 6.28. The van der Waals surface area contributed by atoms with Gasteiger partial charge in [-0.2, -0.15) is 0 Å². The Morgan fingerprint density at radius 1 is 1.20 bits per heavy atom. The number of rotatable bonds is 5. The molecule has 0 unspecified atom stereocenters. The minimum absolute atomic E-state index is 0.259. The maximum atomic E-state index is 12.2. The lowest BCUT2D eigenvalue weighted by atomic mass is 10.0. The van der Waals surface area contributed by atoms with Crippen LogP contribution in [0.4, 0.5) is 10.6 Å². The van der Waals surface area contributed by atoms with Crippen LogP contribution in [-0.4, -0.2) is 78.9 Å². The van der Waals surface area contributed by atoms with E-state index in [4.69, 9.17) is 9.26 Å². The number of nitrogens with one attached hydrogen (secondary N) is 1. The van der Waals surface area contributed by atoms with Gasteiger partial charge in [-0.3, -0.25) is 24.8 Å². The summed E-state index contributed by atoms with van der Waals surface area (Å²) in [5.41, 5.74) is 1.80. The predicted molar refractivity (Wildman–Crippen MR) is 110 cm³/mol. The van der Waals surface area contributed by atoms with Crippen molar-refractivity contribution in [2.45, 2.75) is 25.9 Å². The standard InChI is InChI=1S/C21H27N5O4/c1-14-9-24(6-7-25(14)11-16-12-29-13-16)10-15-2-3-18-17(8-15)20(23-30-18)26-5-4-19(27)22-21(26)28/h2-3,8,14,16H,4-7,9-13H2,1H3,(H,22,27,28)/t14-/m0/s1. The first-order chi connectivity index (χ1) is 14.6. The molecule has 5 rings (SSSR count). The van der Waals surface area contributed by atoms with Gasteiger partial charge in [0.2, 0.25) is 5.91 Å². The normalized spacial score (nSPS) is 24.3. The molecular formula is C21H27N5O4. The number of amides is 3. The smallest absolute Gasteiger partial charge is 0.329 e. The van der Waals surface area contributed by atoms with Gasteiger partial charge >= 0.3 is 6.03 Å². The molecule has 0 radical (unpaired) electrons. The quantitative estimate of drug-likeness (QED) is 0.793. The Morgan fingerprint density at radius 3 is 2.80 bits per heavy atom. The molecule has 1 aromatic heterocycles. The number of ether oxygens (including phenoxy) is 1. The van der Waals surface area contributed by atoms with Gasteiger partial charge in [0.1, 0.15) is 0 Å². The number of nitrogens with zero attached hydrogens (tertiary/aromatic N) is 4. The van der Waals surface area contributed by atoms with Crippen LogP contribution < -0.4 is 10.2 Å². The third kappa shape index (κ3) is 3.80. The van der Waals surface area contributed by atoms with Gasteiger partial charge in [-0.1, -0.05) is 11.2 Å². The van der Waals surface area contributed by atoms with E-state index >= 15 is 0 Å². The molecule has 3 aliphatic heterocycles. The van der Waals surface area contributed by atoms with E-state index in [2.05, 4.69) is 33.3 Å². The van der Waals surface area contributed by atoms with Gasteiger partial charge < -0.3 is 9.26 Å². The Kier molecular flexibility index (Phi) is 5.18. The zero-order valence-corrected chi connectivity index (χ0v) is 17.2. The van der Waals surface area contributed by atoms with Crippen molar-refractivity contribution in [3.8, 4) is 0 Å². The first-order valence-corrected chi connectivity index (χ1v) is 10.6. The van der Waals surface area contributed by atoms with Crippen molar-refractivity contribution in [2.75, 3.05) is 50.8 Å². The van der Waals surface area contributed by atoms with Gasteiger partial charge in [0.05, 0.1) is 18.6 Å². The lowest BCUT2D eigenvalue weighted by Gasteiger charge is -2.42. The van der Waals surface area contributed by atoms with Gasteiger partial charge in [-0.15, -0.1) is 0 Å². The largest absolute Gasteiger partial charge is 0.381 e. The Morgan fingerprint density at radius 2 is 2.07 bits per heavy atom. The average molecular weight is 413 g/mol. The van der Waals surface area contributed by atoms with Crippen LogP contribution in [0.15, 0.2) is 22.7 Å². The number of anilines is 1. The number of hydrogen-bond donors (Lipinski definition) is 1. The van der Waals surface area contributed by atoms with E-state index in [0.717, 1.165) is 56.9 Å². The molecule has 2 aromatic rings. The molecular weight excluding hydrogens is 386 g/mol. The Hall–Kier alpha value is -2.49. The molecule has 3 fully saturated rings. The summed E-state index contributed by atoms with van der Waals surface area (Å²) in [6.45, 7) is 9.50. The second-order valence-corrected chi connectivity index (χ2v) is 8.57. The summed E-state index contributed by atoms with van der Waals surface area (Å²) in [5, 5.41) is 7.23. The van der Waals surface area contributed by atoms with E-state index in [9.17, 15) is 9.59 Å². The van der Waals surface area contributed by atoms with Crippen molar-refractivity contribution in [3.63, 3.8) is 0 Å². The zero-order chi connectivity index (χ0) is 20.7. The molecule has 160 valence electrons. The monoisotopic (exact) mass is 413 g/mol. The Labute approximate surface area is 174 Å². The van der Waals surface area contributed by atoms with Crippen molar-refractivity contribution in [3.05, 3.63) is 23.8 Å². The van der Waals surface area contributed by atoms with Gasteiger partial charge in [0.15, 0.2) is 11.4 Å². The summed E-state index contributed by atoms with van der Waals surface area (Å²) < 4.78 is 10.7. The molecule has 1 atom stereocenters. The highest BCUT2D eigenvalue weighted by molar-refractivity contribution is 6.08. The second kappa shape index (κ2) is 7.98. The van der Waals surface area contributed by atoms with Crippen LogP contribution in [0.25, 0.3) is 11.0 Å². The molecule has 0 spiro atoms. The van der Waals surface area contributed by atoms with Crippen LogP contribution in [0.2, 0.25) is 0 Å². The van der Waals surface area contributed by atoms with Crippen LogP contribution >= 0.6 is 0 Å². The zero-order valence-electron chi connectivity index (χ0n) is 17.2. The highest BCUT2D eigenvalue weighted by Crippen LogP contribution is 2.29. The first kappa shape index (κ1) is 19.5. The maximum Gasteiger partial charge on any atom is 0.329 e. The van der Waals surface area contributed by atoms with Crippen LogP contribution in [0.5, 0.6) is 0 Å². The summed E-state index contributed by atoms with van der Waals surface area (Å²) >= 11 is 0. The molecule has 3 amide bonds. The Balaban J connectivity index is 1.27. The number of benzene rings is 1. The molecule has 30 heavy (non-hydrogen) atoms. The molecule has 4 heterocycles. The van der Waals surface area contributed by atoms with Crippen LogP contribution in [0.3, 0.4) is 0 Å². The number of hydrogen-bond acceptors (Lipinski definition) is 7. The van der Waals surface area contributed by atoms with Gasteiger partial charge in [0, 0.05) is 57.6 Å². The van der Waals surface area contributed by atoms with Gasteiger partial charge in [-0.05, 0) is 24.6 Å². The van der Waals surface area contributed by atoms with E-state index < -0.39 is 6.03 Å². The number of piperazine rings is 1. The summed E-state index contributed by atoms with van der Waals surface area (Å²) in [5.74, 6) is 0.899. The SMILES string of the molecule is C[C@H]1CN(Cc2ccc3onc(N4CCC(=O)NC4=O)c3c2)CCN1CC1COC1. The number of urea groups is 1. The number of carbonyl (C=O) groups excluding carboxylic acids is 2. The van der Waals surface area contributed by atoms with Crippen molar-refractivity contribution >= 4 is 28.7 Å². The van der Waals surface area contributed by atoms with Crippen molar-refractivity contribution < 1.29 is 18.8 Å².